The summed E-state index contributed by atoms with van der Waals surface area (Å²) in [6.45, 7) is 5.85. The standard InChI is InChI=1S/C14H20O3/c1-10(2)17-13-7-5-12(6-8-13)9-11(3)14(15)16-4/h5-8,10-11H,9H2,1-4H3. The second-order valence-corrected chi connectivity index (χ2v) is 4.44. The molecule has 17 heavy (non-hydrogen) atoms. The van der Waals surface area contributed by atoms with Crippen molar-refractivity contribution < 1.29 is 14.3 Å². The summed E-state index contributed by atoms with van der Waals surface area (Å²) in [6.07, 6.45) is 0.865. The number of rotatable bonds is 5. The van der Waals surface area contributed by atoms with Crippen LogP contribution < -0.4 is 4.74 Å². The largest absolute Gasteiger partial charge is 0.491 e. The normalized spacial score (nSPS) is 12.3. The third-order valence-electron chi connectivity index (χ3n) is 2.44. The Morgan fingerprint density at radius 1 is 1.18 bits per heavy atom. The van der Waals surface area contributed by atoms with Crippen LogP contribution in [-0.2, 0) is 16.0 Å². The van der Waals surface area contributed by atoms with E-state index in [9.17, 15) is 4.79 Å². The predicted molar refractivity (Wildman–Crippen MR) is 67.1 cm³/mol. The molecule has 0 amide bonds. The lowest BCUT2D eigenvalue weighted by molar-refractivity contribution is -0.144. The molecule has 94 valence electrons. The van der Waals surface area contributed by atoms with Gasteiger partial charge in [0.1, 0.15) is 5.75 Å². The highest BCUT2D eigenvalue weighted by Crippen LogP contribution is 2.16. The summed E-state index contributed by atoms with van der Waals surface area (Å²) < 4.78 is 10.2. The molecule has 1 aromatic rings. The van der Waals surface area contributed by atoms with Crippen molar-refractivity contribution in [3.05, 3.63) is 29.8 Å². The van der Waals surface area contributed by atoms with Gasteiger partial charge in [0, 0.05) is 0 Å². The van der Waals surface area contributed by atoms with Crippen LogP contribution in [0, 0.1) is 5.92 Å². The van der Waals surface area contributed by atoms with E-state index in [1.54, 1.807) is 0 Å². The summed E-state index contributed by atoms with van der Waals surface area (Å²) in [4.78, 5) is 11.3. The minimum absolute atomic E-state index is 0.114. The van der Waals surface area contributed by atoms with Gasteiger partial charge in [-0.3, -0.25) is 4.79 Å². The highest BCUT2D eigenvalue weighted by molar-refractivity contribution is 5.72. The number of hydrogen-bond acceptors (Lipinski definition) is 3. The van der Waals surface area contributed by atoms with Crippen molar-refractivity contribution in [2.75, 3.05) is 7.11 Å². The van der Waals surface area contributed by atoms with Gasteiger partial charge in [0.2, 0.25) is 0 Å². The number of carbonyl (C=O) groups excluding carboxylic acids is 1. The Balaban J connectivity index is 2.59. The van der Waals surface area contributed by atoms with E-state index in [2.05, 4.69) is 0 Å². The zero-order valence-electron chi connectivity index (χ0n) is 10.9. The van der Waals surface area contributed by atoms with Crippen LogP contribution in [0.25, 0.3) is 0 Å². The summed E-state index contributed by atoms with van der Waals surface area (Å²) in [6, 6.07) is 7.83. The zero-order chi connectivity index (χ0) is 12.8. The number of esters is 1. The molecule has 3 heteroatoms. The first-order valence-corrected chi connectivity index (χ1v) is 5.86. The van der Waals surface area contributed by atoms with Crippen LogP contribution in [0.15, 0.2) is 24.3 Å². The van der Waals surface area contributed by atoms with Gasteiger partial charge in [-0.2, -0.15) is 0 Å². The van der Waals surface area contributed by atoms with E-state index in [4.69, 9.17) is 9.47 Å². The van der Waals surface area contributed by atoms with Crippen LogP contribution in [0.3, 0.4) is 0 Å². The molecule has 0 saturated carbocycles. The van der Waals surface area contributed by atoms with Gasteiger partial charge in [0.15, 0.2) is 0 Å². The average Bonchev–Trinajstić information content (AvgIpc) is 2.30. The lowest BCUT2D eigenvalue weighted by Gasteiger charge is -2.11. The van der Waals surface area contributed by atoms with Crippen LogP contribution in [0.1, 0.15) is 26.3 Å². The lowest BCUT2D eigenvalue weighted by Crippen LogP contribution is -2.15. The summed E-state index contributed by atoms with van der Waals surface area (Å²) >= 11 is 0. The van der Waals surface area contributed by atoms with E-state index in [1.165, 1.54) is 7.11 Å². The smallest absolute Gasteiger partial charge is 0.308 e. The van der Waals surface area contributed by atoms with E-state index in [1.807, 2.05) is 45.0 Å². The molecule has 0 N–H and O–H groups in total. The van der Waals surface area contributed by atoms with Crippen molar-refractivity contribution in [3.63, 3.8) is 0 Å². The zero-order valence-corrected chi connectivity index (χ0v) is 10.9. The van der Waals surface area contributed by atoms with E-state index in [0.717, 1.165) is 11.3 Å². The second-order valence-electron chi connectivity index (χ2n) is 4.44. The topological polar surface area (TPSA) is 35.5 Å². The second kappa shape index (κ2) is 6.28. The number of ether oxygens (including phenoxy) is 2. The fourth-order valence-electron chi connectivity index (χ4n) is 1.61. The molecular formula is C14H20O3. The van der Waals surface area contributed by atoms with Crippen molar-refractivity contribution in [2.45, 2.75) is 33.3 Å². The summed E-state index contributed by atoms with van der Waals surface area (Å²) in [5.74, 6) is 0.568. The monoisotopic (exact) mass is 236 g/mol. The van der Waals surface area contributed by atoms with Gasteiger partial charge in [-0.1, -0.05) is 19.1 Å². The maximum atomic E-state index is 11.3. The molecule has 3 nitrogen and oxygen atoms in total. The molecule has 1 aromatic carbocycles. The highest BCUT2D eigenvalue weighted by atomic mass is 16.5. The molecule has 0 aliphatic rings. The quantitative estimate of drug-likeness (QED) is 0.737. The molecule has 0 fully saturated rings. The first-order chi connectivity index (χ1) is 8.02. The number of carbonyl (C=O) groups is 1. The van der Waals surface area contributed by atoms with E-state index < -0.39 is 0 Å². The highest BCUT2D eigenvalue weighted by Gasteiger charge is 2.13. The average molecular weight is 236 g/mol. The van der Waals surface area contributed by atoms with Crippen LogP contribution in [0.2, 0.25) is 0 Å². The van der Waals surface area contributed by atoms with E-state index in [0.29, 0.717) is 6.42 Å². The fourth-order valence-corrected chi connectivity index (χ4v) is 1.61. The Morgan fingerprint density at radius 3 is 2.24 bits per heavy atom. The maximum Gasteiger partial charge on any atom is 0.308 e. The number of benzene rings is 1. The molecule has 1 atom stereocenters. The number of hydrogen-bond donors (Lipinski definition) is 0. The van der Waals surface area contributed by atoms with Crippen molar-refractivity contribution in [2.24, 2.45) is 5.92 Å². The summed E-state index contributed by atoms with van der Waals surface area (Å²) in [7, 11) is 1.42. The van der Waals surface area contributed by atoms with Crippen LogP contribution >= 0.6 is 0 Å². The van der Waals surface area contributed by atoms with Gasteiger partial charge in [-0.25, -0.2) is 0 Å². The van der Waals surface area contributed by atoms with Crippen molar-refractivity contribution in [3.8, 4) is 5.75 Å². The molecule has 0 saturated heterocycles. The van der Waals surface area contributed by atoms with Crippen molar-refractivity contribution >= 4 is 5.97 Å². The van der Waals surface area contributed by atoms with Crippen LogP contribution in [-0.4, -0.2) is 19.2 Å². The van der Waals surface area contributed by atoms with Crippen LogP contribution in [0.5, 0.6) is 5.75 Å². The summed E-state index contributed by atoms with van der Waals surface area (Å²) in [5, 5.41) is 0. The predicted octanol–water partition coefficient (Wildman–Crippen LogP) is 2.83. The summed E-state index contributed by atoms with van der Waals surface area (Å²) in [5.41, 5.74) is 1.11. The minimum atomic E-state index is -0.174. The Morgan fingerprint density at radius 2 is 1.76 bits per heavy atom. The first kappa shape index (κ1) is 13.6. The Bertz CT molecular complexity index is 354. The molecule has 0 aliphatic carbocycles. The SMILES string of the molecule is COC(=O)C(C)Cc1ccc(OC(C)C)cc1. The van der Waals surface area contributed by atoms with Gasteiger partial charge >= 0.3 is 5.97 Å². The fraction of sp³-hybridized carbons (Fsp3) is 0.500. The number of methoxy groups -OCH3 is 1. The van der Waals surface area contributed by atoms with Gasteiger partial charge in [0.05, 0.1) is 19.1 Å². The minimum Gasteiger partial charge on any atom is -0.491 e. The third kappa shape index (κ3) is 4.47. The lowest BCUT2D eigenvalue weighted by atomic mass is 10.0. The van der Waals surface area contributed by atoms with E-state index in [-0.39, 0.29) is 18.0 Å². The van der Waals surface area contributed by atoms with E-state index >= 15 is 0 Å². The Kier molecular flexibility index (Phi) is 5.01. The molecule has 0 heterocycles. The molecule has 1 unspecified atom stereocenters. The molecule has 0 aliphatic heterocycles. The molecule has 0 aromatic heterocycles. The van der Waals surface area contributed by atoms with Crippen molar-refractivity contribution in [1.82, 2.24) is 0 Å². The first-order valence-electron chi connectivity index (χ1n) is 5.86. The molecule has 1 rings (SSSR count). The third-order valence-corrected chi connectivity index (χ3v) is 2.44. The molecule has 0 spiro atoms. The molecular weight excluding hydrogens is 216 g/mol. The Labute approximate surface area is 103 Å². The van der Waals surface area contributed by atoms with Gasteiger partial charge in [0.25, 0.3) is 0 Å². The Hall–Kier alpha value is -1.51. The molecule has 0 bridgehead atoms. The maximum absolute atomic E-state index is 11.3. The van der Waals surface area contributed by atoms with Crippen LogP contribution in [0.4, 0.5) is 0 Å². The van der Waals surface area contributed by atoms with Gasteiger partial charge in [-0.15, -0.1) is 0 Å². The van der Waals surface area contributed by atoms with Gasteiger partial charge < -0.3 is 9.47 Å². The molecule has 0 radical (unpaired) electrons. The van der Waals surface area contributed by atoms with Crippen molar-refractivity contribution in [1.29, 1.82) is 0 Å². The van der Waals surface area contributed by atoms with Gasteiger partial charge in [-0.05, 0) is 38.0 Å².